The van der Waals surface area contributed by atoms with Crippen molar-refractivity contribution in [3.63, 3.8) is 0 Å². The zero-order valence-corrected chi connectivity index (χ0v) is 5.50. The topological polar surface area (TPSA) is 60.8 Å². The van der Waals surface area contributed by atoms with Gasteiger partial charge in [-0.05, 0) is 18.5 Å². The molecule has 0 amide bonds. The molecule has 1 rings (SSSR count). The van der Waals surface area contributed by atoms with E-state index in [0.29, 0.717) is 13.0 Å². The van der Waals surface area contributed by atoms with Crippen LogP contribution >= 0.6 is 0 Å². The molecule has 0 radical (unpaired) electrons. The van der Waals surface area contributed by atoms with Crippen molar-refractivity contribution >= 4 is 0 Å². The molecule has 1 heterocycles. The van der Waals surface area contributed by atoms with Gasteiger partial charge < -0.3 is 5.32 Å². The van der Waals surface area contributed by atoms with Gasteiger partial charge in [0.1, 0.15) is 6.17 Å². The lowest BCUT2D eigenvalue weighted by molar-refractivity contribution is 0.233. The van der Waals surface area contributed by atoms with Crippen LogP contribution < -0.4 is 5.32 Å². The van der Waals surface area contributed by atoms with Gasteiger partial charge in [0.15, 0.2) is 0 Å². The lowest BCUT2D eigenvalue weighted by Gasteiger charge is -2.22. The summed E-state index contributed by atoms with van der Waals surface area (Å²) in [7, 11) is 0. The zero-order chi connectivity index (χ0) is 7.40. The third-order valence-corrected chi connectivity index (χ3v) is 1.57. The Hall–Kier alpha value is -0.800. The van der Waals surface area contributed by atoms with Crippen molar-refractivity contribution in [2.24, 2.45) is 5.11 Å². The van der Waals surface area contributed by atoms with Crippen LogP contribution in [0.1, 0.15) is 6.42 Å². The van der Waals surface area contributed by atoms with Crippen LogP contribution in [0.3, 0.4) is 0 Å². The Bertz CT molecular complexity index is 154. The van der Waals surface area contributed by atoms with E-state index in [1.54, 1.807) is 0 Å². The van der Waals surface area contributed by atoms with Crippen LogP contribution in [0.5, 0.6) is 0 Å². The average Bonchev–Trinajstić information content (AvgIpc) is 1.94. The fourth-order valence-electron chi connectivity index (χ4n) is 1.00. The minimum absolute atomic E-state index is 0.309. The Morgan fingerprint density at radius 1 is 1.70 bits per heavy atom. The van der Waals surface area contributed by atoms with E-state index >= 15 is 0 Å². The first-order valence-electron chi connectivity index (χ1n) is 3.23. The van der Waals surface area contributed by atoms with Gasteiger partial charge in [0.25, 0.3) is 0 Å². The summed E-state index contributed by atoms with van der Waals surface area (Å²) in [6.07, 6.45) is -0.407. The van der Waals surface area contributed by atoms with Crippen LogP contribution in [0.15, 0.2) is 5.11 Å². The van der Waals surface area contributed by atoms with E-state index in [4.69, 9.17) is 5.53 Å². The quantitative estimate of drug-likeness (QED) is 0.333. The Kier molecular flexibility index (Phi) is 2.48. The molecule has 0 aromatic carbocycles. The zero-order valence-electron chi connectivity index (χ0n) is 5.50. The van der Waals surface area contributed by atoms with Gasteiger partial charge in [-0.1, -0.05) is 5.11 Å². The number of nitrogens with one attached hydrogen (secondary N) is 1. The van der Waals surface area contributed by atoms with Crippen LogP contribution in [0, 0.1) is 0 Å². The summed E-state index contributed by atoms with van der Waals surface area (Å²) >= 11 is 0. The largest absolute Gasteiger partial charge is 0.314 e. The molecule has 10 heavy (non-hydrogen) atoms. The summed E-state index contributed by atoms with van der Waals surface area (Å²) in [5.74, 6) is 0. The first-order valence-corrected chi connectivity index (χ1v) is 3.23. The lowest BCUT2D eigenvalue weighted by Crippen LogP contribution is -2.40. The van der Waals surface area contributed by atoms with Crippen molar-refractivity contribution in [1.29, 1.82) is 0 Å². The van der Waals surface area contributed by atoms with E-state index in [2.05, 4.69) is 15.3 Å². The van der Waals surface area contributed by atoms with Crippen molar-refractivity contribution < 1.29 is 4.39 Å². The molecule has 0 aromatic rings. The van der Waals surface area contributed by atoms with Crippen molar-refractivity contribution in [2.45, 2.75) is 18.6 Å². The van der Waals surface area contributed by atoms with Gasteiger partial charge in [0, 0.05) is 11.5 Å². The molecular formula is C5H9FN4. The first kappa shape index (κ1) is 7.31. The Morgan fingerprint density at radius 3 is 3.10 bits per heavy atom. The maximum atomic E-state index is 12.7. The maximum Gasteiger partial charge on any atom is 0.121 e. The van der Waals surface area contributed by atoms with Crippen molar-refractivity contribution in [2.75, 3.05) is 13.1 Å². The molecule has 1 N–H and O–H groups in total. The Balaban J connectivity index is 2.47. The number of alkyl halides is 1. The molecule has 5 heteroatoms. The molecule has 56 valence electrons. The van der Waals surface area contributed by atoms with Crippen molar-refractivity contribution in [3.8, 4) is 0 Å². The fourth-order valence-corrected chi connectivity index (χ4v) is 1.00. The molecule has 1 aliphatic rings. The molecule has 0 unspecified atom stereocenters. The maximum absolute atomic E-state index is 12.7. The number of hydrogen-bond acceptors (Lipinski definition) is 2. The number of rotatable bonds is 1. The van der Waals surface area contributed by atoms with E-state index in [1.807, 2.05) is 0 Å². The smallest absolute Gasteiger partial charge is 0.121 e. The van der Waals surface area contributed by atoms with Gasteiger partial charge in [0.2, 0.25) is 0 Å². The van der Waals surface area contributed by atoms with Gasteiger partial charge in [-0.15, -0.1) is 0 Å². The summed E-state index contributed by atoms with van der Waals surface area (Å²) in [5, 5.41) is 6.19. The minimum Gasteiger partial charge on any atom is -0.314 e. The second-order valence-corrected chi connectivity index (χ2v) is 2.28. The summed E-state index contributed by atoms with van der Waals surface area (Å²) in [4.78, 5) is 2.57. The standard InChI is InChI=1S/C5H9FN4/c6-4-3-8-2-1-5(4)9-10-7/h4-5,8H,1-3H2/t4-,5+/m1/s1. The highest BCUT2D eigenvalue weighted by Gasteiger charge is 2.22. The van der Waals surface area contributed by atoms with Crippen LogP contribution in [-0.4, -0.2) is 25.3 Å². The van der Waals surface area contributed by atoms with Gasteiger partial charge in [-0.2, -0.15) is 0 Å². The second-order valence-electron chi connectivity index (χ2n) is 2.28. The lowest BCUT2D eigenvalue weighted by atomic mass is 10.1. The van der Waals surface area contributed by atoms with Gasteiger partial charge in [0.05, 0.1) is 6.04 Å². The minimum atomic E-state index is -1.01. The van der Waals surface area contributed by atoms with E-state index in [0.717, 1.165) is 6.54 Å². The molecule has 0 spiro atoms. The molecular weight excluding hydrogens is 135 g/mol. The number of piperidine rings is 1. The molecule has 0 aromatic heterocycles. The second kappa shape index (κ2) is 3.39. The van der Waals surface area contributed by atoms with Crippen LogP contribution in [0.25, 0.3) is 10.4 Å². The third kappa shape index (κ3) is 1.59. The van der Waals surface area contributed by atoms with Gasteiger partial charge >= 0.3 is 0 Å². The Morgan fingerprint density at radius 2 is 2.50 bits per heavy atom. The highest BCUT2D eigenvalue weighted by atomic mass is 19.1. The molecule has 1 aliphatic heterocycles. The Labute approximate surface area is 58.0 Å². The van der Waals surface area contributed by atoms with Crippen LogP contribution in [-0.2, 0) is 0 Å². The van der Waals surface area contributed by atoms with Crippen molar-refractivity contribution in [1.82, 2.24) is 5.32 Å². The average molecular weight is 144 g/mol. The predicted octanol–water partition coefficient (Wildman–Crippen LogP) is 0.997. The summed E-state index contributed by atoms with van der Waals surface area (Å²) in [6.45, 7) is 1.05. The normalized spacial score (nSPS) is 32.9. The molecule has 0 saturated carbocycles. The predicted molar refractivity (Wildman–Crippen MR) is 35.3 cm³/mol. The summed E-state index contributed by atoms with van der Waals surface area (Å²) in [6, 6.07) is -0.453. The molecule has 0 bridgehead atoms. The van der Waals surface area contributed by atoms with Gasteiger partial charge in [-0.3, -0.25) is 0 Å². The molecule has 1 saturated heterocycles. The highest BCUT2D eigenvalue weighted by Crippen LogP contribution is 2.10. The van der Waals surface area contributed by atoms with E-state index in [-0.39, 0.29) is 0 Å². The number of nitrogens with zero attached hydrogens (tertiary/aromatic N) is 3. The van der Waals surface area contributed by atoms with Gasteiger partial charge in [-0.25, -0.2) is 4.39 Å². The van der Waals surface area contributed by atoms with Crippen LogP contribution in [0.2, 0.25) is 0 Å². The van der Waals surface area contributed by atoms with E-state index in [1.165, 1.54) is 0 Å². The monoisotopic (exact) mass is 144 g/mol. The van der Waals surface area contributed by atoms with E-state index in [9.17, 15) is 4.39 Å². The van der Waals surface area contributed by atoms with E-state index < -0.39 is 12.2 Å². The molecule has 2 atom stereocenters. The fraction of sp³-hybridized carbons (Fsp3) is 1.00. The first-order chi connectivity index (χ1) is 4.84. The van der Waals surface area contributed by atoms with Crippen LogP contribution in [0.4, 0.5) is 4.39 Å². The third-order valence-electron chi connectivity index (χ3n) is 1.57. The number of halogens is 1. The highest BCUT2D eigenvalue weighted by molar-refractivity contribution is 4.83. The van der Waals surface area contributed by atoms with Crippen molar-refractivity contribution in [3.05, 3.63) is 10.4 Å². The number of azide groups is 1. The molecule has 0 aliphatic carbocycles. The summed E-state index contributed by atoms with van der Waals surface area (Å²) < 4.78 is 12.7. The molecule has 4 nitrogen and oxygen atoms in total. The summed E-state index contributed by atoms with van der Waals surface area (Å²) in [5.41, 5.74) is 8.01. The SMILES string of the molecule is [N-]=[N+]=N[C@H]1CCNC[C@H]1F. The molecule has 1 fully saturated rings. The number of hydrogen-bond donors (Lipinski definition) is 1.